The van der Waals surface area contributed by atoms with E-state index < -0.39 is 11.4 Å². The first-order valence-electron chi connectivity index (χ1n) is 7.12. The van der Waals surface area contributed by atoms with E-state index in [1.165, 1.54) is 17.0 Å². The van der Waals surface area contributed by atoms with Gasteiger partial charge in [0.25, 0.3) is 0 Å². The van der Waals surface area contributed by atoms with Crippen LogP contribution in [0.1, 0.15) is 32.3 Å². The van der Waals surface area contributed by atoms with E-state index in [1.807, 2.05) is 13.8 Å². The molecule has 1 saturated carbocycles. The van der Waals surface area contributed by atoms with Crippen LogP contribution in [-0.4, -0.2) is 35.0 Å². The Kier molecular flexibility index (Phi) is 4.30. The summed E-state index contributed by atoms with van der Waals surface area (Å²) in [6.45, 7) is 4.01. The SMILES string of the molecule is CC(C)CN(CC(=O)O)C(=O)C1(c2ccc(F)cc2)CC1. The van der Waals surface area contributed by atoms with Crippen molar-refractivity contribution in [1.29, 1.82) is 0 Å². The molecule has 0 atom stereocenters. The van der Waals surface area contributed by atoms with Gasteiger partial charge in [0.1, 0.15) is 12.4 Å². The summed E-state index contributed by atoms with van der Waals surface area (Å²) in [5, 5.41) is 9.00. The van der Waals surface area contributed by atoms with Crippen LogP contribution in [0, 0.1) is 11.7 Å². The van der Waals surface area contributed by atoms with Crippen LogP contribution in [-0.2, 0) is 15.0 Å². The zero-order chi connectivity index (χ0) is 15.6. The summed E-state index contributed by atoms with van der Waals surface area (Å²) in [5.41, 5.74) is 0.117. The van der Waals surface area contributed by atoms with Crippen LogP contribution in [0.4, 0.5) is 4.39 Å². The Morgan fingerprint density at radius 1 is 1.29 bits per heavy atom. The van der Waals surface area contributed by atoms with Crippen LogP contribution in [0.2, 0.25) is 0 Å². The molecule has 1 aliphatic rings. The molecule has 0 saturated heterocycles. The minimum atomic E-state index is -1.01. The summed E-state index contributed by atoms with van der Waals surface area (Å²) in [4.78, 5) is 25.1. The van der Waals surface area contributed by atoms with Gasteiger partial charge >= 0.3 is 5.97 Å². The van der Waals surface area contributed by atoms with Gasteiger partial charge in [-0.15, -0.1) is 0 Å². The third kappa shape index (κ3) is 3.40. The number of amides is 1. The van der Waals surface area contributed by atoms with Crippen LogP contribution in [0.25, 0.3) is 0 Å². The Bertz CT molecular complexity index is 535. The Hall–Kier alpha value is -1.91. The molecule has 1 aromatic carbocycles. The predicted molar refractivity (Wildman–Crippen MR) is 76.4 cm³/mol. The maximum absolute atomic E-state index is 13.0. The van der Waals surface area contributed by atoms with Crippen LogP contribution >= 0.6 is 0 Å². The summed E-state index contributed by atoms with van der Waals surface area (Å²) in [5.74, 6) is -1.33. The standard InChI is InChI=1S/C16H20FNO3/c1-11(2)9-18(10-14(19)20)15(21)16(7-8-16)12-3-5-13(17)6-4-12/h3-6,11H,7-10H2,1-2H3,(H,19,20). The summed E-state index contributed by atoms with van der Waals surface area (Å²) in [7, 11) is 0. The summed E-state index contributed by atoms with van der Waals surface area (Å²) in [6, 6.07) is 5.92. The number of carbonyl (C=O) groups is 2. The average molecular weight is 293 g/mol. The second kappa shape index (κ2) is 5.84. The predicted octanol–water partition coefficient (Wildman–Crippen LogP) is 2.43. The summed E-state index contributed by atoms with van der Waals surface area (Å²) < 4.78 is 13.0. The van der Waals surface area contributed by atoms with Crippen LogP contribution < -0.4 is 0 Å². The van der Waals surface area contributed by atoms with E-state index in [-0.39, 0.29) is 24.2 Å². The Balaban J connectivity index is 2.22. The van der Waals surface area contributed by atoms with Gasteiger partial charge in [-0.3, -0.25) is 9.59 Å². The number of carboxylic acids is 1. The number of rotatable bonds is 6. The highest BCUT2D eigenvalue weighted by molar-refractivity contribution is 5.93. The van der Waals surface area contributed by atoms with Gasteiger partial charge in [0, 0.05) is 6.54 Å². The summed E-state index contributed by atoms with van der Waals surface area (Å²) in [6.07, 6.45) is 1.37. The number of aliphatic carboxylic acids is 1. The number of carboxylic acid groups (broad SMARTS) is 1. The third-order valence-electron chi connectivity index (χ3n) is 3.76. The van der Waals surface area contributed by atoms with E-state index in [9.17, 15) is 14.0 Å². The molecular formula is C16H20FNO3. The molecule has 0 spiro atoms. The fraction of sp³-hybridized carbons (Fsp3) is 0.500. The van der Waals surface area contributed by atoms with Crippen LogP contribution in [0.15, 0.2) is 24.3 Å². The normalized spacial score (nSPS) is 15.8. The van der Waals surface area contributed by atoms with E-state index in [2.05, 4.69) is 0 Å². The molecule has 4 nitrogen and oxygen atoms in total. The topological polar surface area (TPSA) is 57.6 Å². The van der Waals surface area contributed by atoms with Crippen molar-refractivity contribution in [3.8, 4) is 0 Å². The molecule has 0 unspecified atom stereocenters. The van der Waals surface area contributed by atoms with Gasteiger partial charge in [0.05, 0.1) is 5.41 Å². The van der Waals surface area contributed by atoms with Crippen molar-refractivity contribution in [3.63, 3.8) is 0 Å². The molecule has 0 radical (unpaired) electrons. The smallest absolute Gasteiger partial charge is 0.323 e. The van der Waals surface area contributed by atoms with E-state index in [0.29, 0.717) is 19.4 Å². The Morgan fingerprint density at radius 3 is 2.29 bits per heavy atom. The lowest BCUT2D eigenvalue weighted by molar-refractivity contribution is -0.146. The van der Waals surface area contributed by atoms with Gasteiger partial charge in [0.15, 0.2) is 0 Å². The lowest BCUT2D eigenvalue weighted by Crippen LogP contribution is -2.44. The van der Waals surface area contributed by atoms with E-state index in [0.717, 1.165) is 5.56 Å². The highest BCUT2D eigenvalue weighted by Crippen LogP contribution is 2.49. The minimum Gasteiger partial charge on any atom is -0.480 e. The zero-order valence-electron chi connectivity index (χ0n) is 12.3. The first kappa shape index (κ1) is 15.5. The first-order valence-corrected chi connectivity index (χ1v) is 7.12. The maximum Gasteiger partial charge on any atom is 0.323 e. The van der Waals surface area contributed by atoms with Gasteiger partial charge in [0.2, 0.25) is 5.91 Å². The molecule has 1 aromatic rings. The molecule has 1 amide bonds. The van der Waals surface area contributed by atoms with Crippen molar-refractivity contribution in [2.24, 2.45) is 5.92 Å². The number of halogens is 1. The van der Waals surface area contributed by atoms with Crippen molar-refractivity contribution in [2.75, 3.05) is 13.1 Å². The molecule has 114 valence electrons. The summed E-state index contributed by atoms with van der Waals surface area (Å²) >= 11 is 0. The average Bonchev–Trinajstić information content (AvgIpc) is 3.18. The van der Waals surface area contributed by atoms with E-state index in [1.54, 1.807) is 12.1 Å². The number of hydrogen-bond acceptors (Lipinski definition) is 2. The van der Waals surface area contributed by atoms with Crippen molar-refractivity contribution in [1.82, 2.24) is 4.90 Å². The quantitative estimate of drug-likeness (QED) is 0.876. The largest absolute Gasteiger partial charge is 0.480 e. The van der Waals surface area contributed by atoms with Gasteiger partial charge in [-0.25, -0.2) is 4.39 Å². The van der Waals surface area contributed by atoms with E-state index >= 15 is 0 Å². The molecule has 0 aliphatic heterocycles. The molecule has 2 rings (SSSR count). The fourth-order valence-electron chi connectivity index (χ4n) is 2.65. The second-order valence-electron chi connectivity index (χ2n) is 6.06. The van der Waals surface area contributed by atoms with Gasteiger partial charge in [-0.2, -0.15) is 0 Å². The van der Waals surface area contributed by atoms with E-state index in [4.69, 9.17) is 5.11 Å². The van der Waals surface area contributed by atoms with Crippen LogP contribution in [0.5, 0.6) is 0 Å². The highest BCUT2D eigenvalue weighted by Gasteiger charge is 2.53. The lowest BCUT2D eigenvalue weighted by Gasteiger charge is -2.27. The molecular weight excluding hydrogens is 273 g/mol. The fourth-order valence-corrected chi connectivity index (χ4v) is 2.65. The molecule has 1 fully saturated rings. The van der Waals surface area contributed by atoms with Gasteiger partial charge in [-0.1, -0.05) is 26.0 Å². The second-order valence-corrected chi connectivity index (χ2v) is 6.06. The molecule has 0 heterocycles. The monoisotopic (exact) mass is 293 g/mol. The van der Waals surface area contributed by atoms with Crippen molar-refractivity contribution >= 4 is 11.9 Å². The zero-order valence-corrected chi connectivity index (χ0v) is 12.3. The van der Waals surface area contributed by atoms with Gasteiger partial charge in [-0.05, 0) is 36.5 Å². The number of carbonyl (C=O) groups excluding carboxylic acids is 1. The number of benzene rings is 1. The molecule has 1 N–H and O–H groups in total. The lowest BCUT2D eigenvalue weighted by atomic mass is 9.94. The highest BCUT2D eigenvalue weighted by atomic mass is 19.1. The minimum absolute atomic E-state index is 0.162. The Morgan fingerprint density at radius 2 is 1.86 bits per heavy atom. The van der Waals surface area contributed by atoms with Crippen molar-refractivity contribution in [2.45, 2.75) is 32.1 Å². The van der Waals surface area contributed by atoms with Gasteiger partial charge < -0.3 is 10.0 Å². The number of nitrogens with zero attached hydrogens (tertiary/aromatic N) is 1. The molecule has 21 heavy (non-hydrogen) atoms. The maximum atomic E-state index is 13.0. The molecule has 1 aliphatic carbocycles. The molecule has 5 heteroatoms. The Labute approximate surface area is 123 Å². The third-order valence-corrected chi connectivity index (χ3v) is 3.76. The number of hydrogen-bond donors (Lipinski definition) is 1. The van der Waals surface area contributed by atoms with Crippen molar-refractivity contribution < 1.29 is 19.1 Å². The molecule has 0 bridgehead atoms. The van der Waals surface area contributed by atoms with Crippen LogP contribution in [0.3, 0.4) is 0 Å². The molecule has 0 aromatic heterocycles. The first-order chi connectivity index (χ1) is 9.85. The van der Waals surface area contributed by atoms with Crippen molar-refractivity contribution in [3.05, 3.63) is 35.6 Å².